The standard InChI is InChI=1S/C30H30O/c1-23-11-3-5-13-25(23)19-27-15-7-9-17-29(27)21-31-22-30-18-10-8-16-28(30)20-26-14-6-4-12-24(26)2/h3-18H,19-22H2,1-2H3. The van der Waals surface area contributed by atoms with E-state index in [0.29, 0.717) is 13.2 Å². The maximum Gasteiger partial charge on any atom is 0.0724 e. The van der Waals surface area contributed by atoms with E-state index in [-0.39, 0.29) is 0 Å². The minimum atomic E-state index is 0.626. The average molecular weight is 407 g/mol. The topological polar surface area (TPSA) is 9.23 Å². The zero-order valence-electron chi connectivity index (χ0n) is 18.5. The Labute approximate surface area is 186 Å². The molecule has 0 saturated heterocycles. The largest absolute Gasteiger partial charge is 0.372 e. The molecule has 4 rings (SSSR count). The third kappa shape index (κ3) is 5.51. The Morgan fingerprint density at radius 3 is 1.13 bits per heavy atom. The fourth-order valence-corrected chi connectivity index (χ4v) is 4.04. The number of ether oxygens (including phenoxy) is 1. The maximum atomic E-state index is 6.22. The van der Waals surface area contributed by atoms with Crippen LogP contribution in [0.1, 0.15) is 44.5 Å². The normalized spacial score (nSPS) is 10.9. The van der Waals surface area contributed by atoms with Gasteiger partial charge >= 0.3 is 0 Å². The van der Waals surface area contributed by atoms with Gasteiger partial charge < -0.3 is 4.74 Å². The van der Waals surface area contributed by atoms with Crippen LogP contribution in [0.15, 0.2) is 97.1 Å². The van der Waals surface area contributed by atoms with Crippen molar-refractivity contribution in [2.45, 2.75) is 39.9 Å². The Hall–Kier alpha value is -3.16. The maximum absolute atomic E-state index is 6.22. The summed E-state index contributed by atoms with van der Waals surface area (Å²) in [7, 11) is 0. The highest BCUT2D eigenvalue weighted by Crippen LogP contribution is 2.21. The lowest BCUT2D eigenvalue weighted by molar-refractivity contribution is 0.106. The molecule has 0 heterocycles. The van der Waals surface area contributed by atoms with E-state index < -0.39 is 0 Å². The van der Waals surface area contributed by atoms with Gasteiger partial charge in [0.15, 0.2) is 0 Å². The molecule has 0 atom stereocenters. The van der Waals surface area contributed by atoms with Crippen molar-refractivity contribution < 1.29 is 4.74 Å². The Bertz CT molecular complexity index is 1050. The van der Waals surface area contributed by atoms with Gasteiger partial charge in [-0.3, -0.25) is 0 Å². The van der Waals surface area contributed by atoms with E-state index in [1.807, 2.05) is 0 Å². The summed E-state index contributed by atoms with van der Waals surface area (Å²) in [5, 5.41) is 0. The second-order valence-electron chi connectivity index (χ2n) is 8.24. The predicted molar refractivity (Wildman–Crippen MR) is 129 cm³/mol. The van der Waals surface area contributed by atoms with Crippen LogP contribution in [0.4, 0.5) is 0 Å². The predicted octanol–water partition coefficient (Wildman–Crippen LogP) is 7.20. The number of hydrogen-bond acceptors (Lipinski definition) is 1. The SMILES string of the molecule is Cc1ccccc1Cc1ccccc1COCc1ccccc1Cc1ccccc1C. The smallest absolute Gasteiger partial charge is 0.0724 e. The lowest BCUT2D eigenvalue weighted by Gasteiger charge is -2.14. The highest BCUT2D eigenvalue weighted by atomic mass is 16.5. The summed E-state index contributed by atoms with van der Waals surface area (Å²) in [4.78, 5) is 0. The molecule has 1 nitrogen and oxygen atoms in total. The number of aryl methyl sites for hydroxylation is 2. The Balaban J connectivity index is 1.44. The Kier molecular flexibility index (Phi) is 6.96. The van der Waals surface area contributed by atoms with Gasteiger partial charge in [-0.2, -0.15) is 0 Å². The van der Waals surface area contributed by atoms with Gasteiger partial charge in [0.2, 0.25) is 0 Å². The van der Waals surface area contributed by atoms with E-state index in [9.17, 15) is 0 Å². The molecule has 0 radical (unpaired) electrons. The van der Waals surface area contributed by atoms with Crippen LogP contribution >= 0.6 is 0 Å². The van der Waals surface area contributed by atoms with Gasteiger partial charge in [-0.05, 0) is 71.2 Å². The Morgan fingerprint density at radius 2 is 0.742 bits per heavy atom. The second-order valence-corrected chi connectivity index (χ2v) is 8.24. The van der Waals surface area contributed by atoms with Crippen molar-refractivity contribution in [2.75, 3.05) is 0 Å². The van der Waals surface area contributed by atoms with Crippen molar-refractivity contribution in [2.24, 2.45) is 0 Å². The first kappa shape index (κ1) is 21.1. The van der Waals surface area contributed by atoms with Crippen LogP contribution in [-0.4, -0.2) is 0 Å². The molecule has 0 bridgehead atoms. The molecule has 0 saturated carbocycles. The van der Waals surface area contributed by atoms with Crippen LogP contribution in [0, 0.1) is 13.8 Å². The van der Waals surface area contributed by atoms with Crippen LogP contribution < -0.4 is 0 Å². The molecule has 4 aromatic rings. The van der Waals surface area contributed by atoms with Crippen LogP contribution in [0.5, 0.6) is 0 Å². The van der Waals surface area contributed by atoms with Crippen LogP contribution in [0.2, 0.25) is 0 Å². The molecule has 0 aliphatic rings. The molecule has 0 fully saturated rings. The quantitative estimate of drug-likeness (QED) is 0.300. The molecule has 0 aliphatic carbocycles. The fraction of sp³-hybridized carbons (Fsp3) is 0.200. The van der Waals surface area contributed by atoms with E-state index in [0.717, 1.165) is 12.8 Å². The molecule has 0 N–H and O–H groups in total. The molecule has 0 aliphatic heterocycles. The van der Waals surface area contributed by atoms with Gasteiger partial charge in [-0.25, -0.2) is 0 Å². The first-order valence-electron chi connectivity index (χ1n) is 11.0. The van der Waals surface area contributed by atoms with Crippen LogP contribution in [-0.2, 0) is 30.8 Å². The molecule has 4 aromatic carbocycles. The van der Waals surface area contributed by atoms with Gasteiger partial charge in [-0.1, -0.05) is 97.1 Å². The number of rotatable bonds is 8. The lowest BCUT2D eigenvalue weighted by atomic mass is 9.97. The molecule has 156 valence electrons. The molecule has 0 unspecified atom stereocenters. The Morgan fingerprint density at radius 1 is 0.419 bits per heavy atom. The summed E-state index contributed by atoms with van der Waals surface area (Å²) in [6, 6.07) is 34.5. The highest BCUT2D eigenvalue weighted by Gasteiger charge is 2.08. The molecule has 0 aromatic heterocycles. The van der Waals surface area contributed by atoms with Crippen molar-refractivity contribution in [3.63, 3.8) is 0 Å². The van der Waals surface area contributed by atoms with Crippen molar-refractivity contribution in [1.29, 1.82) is 0 Å². The van der Waals surface area contributed by atoms with Crippen LogP contribution in [0.25, 0.3) is 0 Å². The van der Waals surface area contributed by atoms with Gasteiger partial charge in [0.05, 0.1) is 13.2 Å². The molecule has 1 heteroatoms. The van der Waals surface area contributed by atoms with E-state index >= 15 is 0 Å². The zero-order valence-corrected chi connectivity index (χ0v) is 18.5. The fourth-order valence-electron chi connectivity index (χ4n) is 4.04. The molecule has 0 spiro atoms. The average Bonchev–Trinajstić information content (AvgIpc) is 2.79. The van der Waals surface area contributed by atoms with Crippen molar-refractivity contribution in [3.05, 3.63) is 142 Å². The molecule has 31 heavy (non-hydrogen) atoms. The second kappa shape index (κ2) is 10.2. The summed E-state index contributed by atoms with van der Waals surface area (Å²) in [6.45, 7) is 5.61. The van der Waals surface area contributed by atoms with E-state index in [4.69, 9.17) is 4.74 Å². The molecular weight excluding hydrogens is 376 g/mol. The van der Waals surface area contributed by atoms with Gasteiger partial charge in [0, 0.05) is 0 Å². The van der Waals surface area contributed by atoms with Crippen molar-refractivity contribution in [1.82, 2.24) is 0 Å². The van der Waals surface area contributed by atoms with Gasteiger partial charge in [0.1, 0.15) is 0 Å². The third-order valence-electron chi connectivity index (χ3n) is 6.04. The highest BCUT2D eigenvalue weighted by molar-refractivity contribution is 5.37. The summed E-state index contributed by atoms with van der Waals surface area (Å²) in [6.07, 6.45) is 1.88. The zero-order chi connectivity index (χ0) is 21.5. The van der Waals surface area contributed by atoms with E-state index in [1.165, 1.54) is 44.5 Å². The third-order valence-corrected chi connectivity index (χ3v) is 6.04. The summed E-state index contributed by atoms with van der Waals surface area (Å²) < 4.78 is 6.22. The van der Waals surface area contributed by atoms with Gasteiger partial charge in [0.25, 0.3) is 0 Å². The lowest BCUT2D eigenvalue weighted by Crippen LogP contribution is -2.03. The summed E-state index contributed by atoms with van der Waals surface area (Å²) >= 11 is 0. The minimum Gasteiger partial charge on any atom is -0.372 e. The summed E-state index contributed by atoms with van der Waals surface area (Å²) in [5.74, 6) is 0. The molecular formula is C30H30O. The number of benzene rings is 4. The number of hydrogen-bond donors (Lipinski definition) is 0. The monoisotopic (exact) mass is 406 g/mol. The van der Waals surface area contributed by atoms with Crippen molar-refractivity contribution in [3.8, 4) is 0 Å². The summed E-state index contributed by atoms with van der Waals surface area (Å²) in [5.41, 5.74) is 10.6. The molecule has 0 amide bonds. The minimum absolute atomic E-state index is 0.626. The van der Waals surface area contributed by atoms with Crippen molar-refractivity contribution >= 4 is 0 Å². The first-order chi connectivity index (χ1) is 15.2. The van der Waals surface area contributed by atoms with E-state index in [2.05, 4.69) is 111 Å². The first-order valence-corrected chi connectivity index (χ1v) is 11.0. The van der Waals surface area contributed by atoms with E-state index in [1.54, 1.807) is 0 Å². The van der Waals surface area contributed by atoms with Crippen LogP contribution in [0.3, 0.4) is 0 Å². The van der Waals surface area contributed by atoms with Gasteiger partial charge in [-0.15, -0.1) is 0 Å².